The van der Waals surface area contributed by atoms with Crippen molar-refractivity contribution in [2.75, 3.05) is 6.54 Å². The lowest BCUT2D eigenvalue weighted by Crippen LogP contribution is -2.20. The van der Waals surface area contributed by atoms with Crippen LogP contribution in [-0.4, -0.2) is 27.5 Å². The highest BCUT2D eigenvalue weighted by Gasteiger charge is 2.10. The number of rotatable bonds is 5. The van der Waals surface area contributed by atoms with E-state index < -0.39 is 5.97 Å². The van der Waals surface area contributed by atoms with Crippen LogP contribution in [0.1, 0.15) is 16.8 Å². The molecule has 2 aromatic heterocycles. The molecule has 0 radical (unpaired) electrons. The largest absolute Gasteiger partial charge is 0.406 e. The molecule has 0 bridgehead atoms. The average Bonchev–Trinajstić information content (AvgIpc) is 2.46. The molecule has 0 unspecified atom stereocenters. The van der Waals surface area contributed by atoms with Gasteiger partial charge in [0.2, 0.25) is 5.88 Å². The lowest BCUT2D eigenvalue weighted by atomic mass is 10.2. The van der Waals surface area contributed by atoms with E-state index in [1.165, 1.54) is 11.8 Å². The van der Waals surface area contributed by atoms with E-state index in [0.717, 1.165) is 11.1 Å². The minimum atomic E-state index is -0.540. The van der Waals surface area contributed by atoms with Gasteiger partial charge in [0, 0.05) is 29.9 Å². The van der Waals surface area contributed by atoms with Gasteiger partial charge in [0.15, 0.2) is 5.16 Å². The maximum absolute atomic E-state index is 11.2. The summed E-state index contributed by atoms with van der Waals surface area (Å²) in [5, 5.41) is 1.11. The number of carbonyl (C=O) groups is 1. The maximum Gasteiger partial charge on any atom is 0.326 e. The van der Waals surface area contributed by atoms with Crippen molar-refractivity contribution in [3.8, 4) is 5.88 Å². The second-order valence-corrected chi connectivity index (χ2v) is 5.86. The predicted octanol–water partition coefficient (Wildman–Crippen LogP) is 2.30. The molecule has 0 fully saturated rings. The molecule has 0 spiro atoms. The van der Waals surface area contributed by atoms with E-state index in [4.69, 9.17) is 22.1 Å². The van der Waals surface area contributed by atoms with Gasteiger partial charge in [-0.1, -0.05) is 23.4 Å². The van der Waals surface area contributed by atoms with Crippen LogP contribution in [0.5, 0.6) is 5.88 Å². The van der Waals surface area contributed by atoms with E-state index in [1.54, 1.807) is 25.4 Å². The van der Waals surface area contributed by atoms with Gasteiger partial charge in [-0.2, -0.15) is 4.98 Å². The minimum absolute atomic E-state index is 0.197. The SMILES string of the molecule is Cc1cc(OC(=O)CN)nc(SCc2c(C)cncc2Cl)n1. The highest BCUT2D eigenvalue weighted by atomic mass is 35.5. The molecule has 6 nitrogen and oxygen atoms in total. The summed E-state index contributed by atoms with van der Waals surface area (Å²) in [7, 11) is 0. The van der Waals surface area contributed by atoms with Gasteiger partial charge < -0.3 is 10.5 Å². The molecule has 0 aliphatic rings. The Kier molecular flexibility index (Phi) is 5.70. The Morgan fingerprint density at radius 2 is 2.14 bits per heavy atom. The highest BCUT2D eigenvalue weighted by Crippen LogP contribution is 2.27. The topological polar surface area (TPSA) is 91.0 Å². The number of aryl methyl sites for hydroxylation is 2. The number of halogens is 1. The molecule has 2 N–H and O–H groups in total. The zero-order chi connectivity index (χ0) is 16.1. The first kappa shape index (κ1) is 16.7. The number of aromatic nitrogens is 3. The number of pyridine rings is 1. The summed E-state index contributed by atoms with van der Waals surface area (Å²) >= 11 is 7.55. The first-order valence-electron chi connectivity index (χ1n) is 6.48. The third-order valence-electron chi connectivity index (χ3n) is 2.76. The van der Waals surface area contributed by atoms with E-state index in [0.29, 0.717) is 21.6 Å². The Hall–Kier alpha value is -1.70. The molecule has 2 rings (SSSR count). The molecule has 0 amide bonds. The number of carbonyl (C=O) groups excluding carboxylic acids is 1. The molecule has 8 heteroatoms. The standard InChI is InChI=1S/C14H15ClN4O2S/c1-8-5-17-6-11(15)10(8)7-22-14-18-9(2)3-12(19-14)21-13(20)4-16/h3,5-6H,4,7,16H2,1-2H3. The summed E-state index contributed by atoms with van der Waals surface area (Å²) < 4.78 is 5.02. The number of hydrogen-bond acceptors (Lipinski definition) is 7. The van der Waals surface area contributed by atoms with Gasteiger partial charge in [-0.25, -0.2) is 4.98 Å². The Morgan fingerprint density at radius 3 is 2.82 bits per heavy atom. The first-order valence-corrected chi connectivity index (χ1v) is 7.84. The molecular weight excluding hydrogens is 324 g/mol. The molecule has 0 saturated carbocycles. The van der Waals surface area contributed by atoms with Crippen LogP contribution in [0.4, 0.5) is 0 Å². The fourth-order valence-corrected chi connectivity index (χ4v) is 3.04. The molecular formula is C14H15ClN4O2S. The molecule has 0 aliphatic heterocycles. The fourth-order valence-electron chi connectivity index (χ4n) is 1.67. The van der Waals surface area contributed by atoms with Gasteiger partial charge in [-0.3, -0.25) is 9.78 Å². The third kappa shape index (κ3) is 4.40. The number of esters is 1. The molecule has 0 saturated heterocycles. The quantitative estimate of drug-likeness (QED) is 0.508. The summed E-state index contributed by atoms with van der Waals surface area (Å²) in [5.41, 5.74) is 7.91. The van der Waals surface area contributed by atoms with Gasteiger partial charge in [0.25, 0.3) is 0 Å². The third-order valence-corrected chi connectivity index (χ3v) is 3.96. The van der Waals surface area contributed by atoms with Crippen molar-refractivity contribution in [1.82, 2.24) is 15.0 Å². The van der Waals surface area contributed by atoms with Crippen LogP contribution < -0.4 is 10.5 Å². The van der Waals surface area contributed by atoms with Crippen molar-refractivity contribution in [2.45, 2.75) is 24.8 Å². The van der Waals surface area contributed by atoms with E-state index in [-0.39, 0.29) is 12.4 Å². The number of ether oxygens (including phenoxy) is 1. The smallest absolute Gasteiger partial charge is 0.326 e. The van der Waals surface area contributed by atoms with Crippen molar-refractivity contribution in [2.24, 2.45) is 5.73 Å². The van der Waals surface area contributed by atoms with Crippen molar-refractivity contribution < 1.29 is 9.53 Å². The van der Waals surface area contributed by atoms with E-state index in [1.807, 2.05) is 6.92 Å². The molecule has 2 aromatic rings. The van der Waals surface area contributed by atoms with Crippen molar-refractivity contribution in [3.63, 3.8) is 0 Å². The number of hydrogen-bond donors (Lipinski definition) is 1. The summed E-state index contributed by atoms with van der Waals surface area (Å²) in [6.07, 6.45) is 3.36. The van der Waals surface area contributed by atoms with E-state index >= 15 is 0 Å². The predicted molar refractivity (Wildman–Crippen MR) is 85.0 cm³/mol. The first-order chi connectivity index (χ1) is 10.5. The van der Waals surface area contributed by atoms with Crippen LogP contribution in [0.2, 0.25) is 5.02 Å². The minimum Gasteiger partial charge on any atom is -0.406 e. The van der Waals surface area contributed by atoms with Crippen LogP contribution in [0.25, 0.3) is 0 Å². The van der Waals surface area contributed by atoms with E-state index in [9.17, 15) is 4.79 Å². The van der Waals surface area contributed by atoms with Crippen LogP contribution in [0, 0.1) is 13.8 Å². The van der Waals surface area contributed by atoms with Crippen LogP contribution in [-0.2, 0) is 10.5 Å². The average molecular weight is 339 g/mol. The lowest BCUT2D eigenvalue weighted by molar-refractivity contribution is -0.133. The van der Waals surface area contributed by atoms with Crippen LogP contribution in [0.3, 0.4) is 0 Å². The Labute approximate surface area is 137 Å². The normalized spacial score (nSPS) is 10.5. The lowest BCUT2D eigenvalue weighted by Gasteiger charge is -2.08. The van der Waals surface area contributed by atoms with Crippen LogP contribution in [0.15, 0.2) is 23.6 Å². The summed E-state index contributed by atoms with van der Waals surface area (Å²) in [6, 6.07) is 1.59. The van der Waals surface area contributed by atoms with Crippen molar-refractivity contribution >= 4 is 29.3 Å². The summed E-state index contributed by atoms with van der Waals surface area (Å²) in [4.78, 5) is 23.8. The van der Waals surface area contributed by atoms with Crippen LogP contribution >= 0.6 is 23.4 Å². The number of nitrogens with two attached hydrogens (primary N) is 1. The van der Waals surface area contributed by atoms with Gasteiger partial charge in [-0.15, -0.1) is 0 Å². The fraction of sp³-hybridized carbons (Fsp3) is 0.286. The Bertz CT molecular complexity index is 676. The molecule has 2 heterocycles. The summed E-state index contributed by atoms with van der Waals surface area (Å²) in [6.45, 7) is 3.55. The molecule has 22 heavy (non-hydrogen) atoms. The van der Waals surface area contributed by atoms with Gasteiger partial charge in [0.05, 0.1) is 11.6 Å². The van der Waals surface area contributed by atoms with Crippen molar-refractivity contribution in [3.05, 3.63) is 40.3 Å². The van der Waals surface area contributed by atoms with E-state index in [2.05, 4.69) is 15.0 Å². The number of nitrogens with zero attached hydrogens (tertiary/aromatic N) is 3. The monoisotopic (exact) mass is 338 g/mol. The Balaban J connectivity index is 2.14. The molecule has 0 aromatic carbocycles. The number of thioether (sulfide) groups is 1. The van der Waals surface area contributed by atoms with Gasteiger partial charge in [-0.05, 0) is 25.0 Å². The second-order valence-electron chi connectivity index (χ2n) is 4.51. The zero-order valence-electron chi connectivity index (χ0n) is 12.2. The van der Waals surface area contributed by atoms with Gasteiger partial charge >= 0.3 is 5.97 Å². The summed E-state index contributed by atoms with van der Waals surface area (Å²) in [5.74, 6) is 0.256. The zero-order valence-corrected chi connectivity index (χ0v) is 13.7. The molecule has 0 aliphatic carbocycles. The second kappa shape index (κ2) is 7.53. The maximum atomic E-state index is 11.2. The molecule has 0 atom stereocenters. The molecule has 116 valence electrons. The van der Waals surface area contributed by atoms with Gasteiger partial charge in [0.1, 0.15) is 0 Å². The van der Waals surface area contributed by atoms with Crippen molar-refractivity contribution in [1.29, 1.82) is 0 Å². The highest BCUT2D eigenvalue weighted by molar-refractivity contribution is 7.98. The Morgan fingerprint density at radius 1 is 1.36 bits per heavy atom.